The number of rotatable bonds is 7. The van der Waals surface area contributed by atoms with Crippen LogP contribution in [0.4, 0.5) is 0 Å². The zero-order chi connectivity index (χ0) is 20.1. The van der Waals surface area contributed by atoms with Crippen LogP contribution in [0.3, 0.4) is 0 Å². The fourth-order valence-electron chi connectivity index (χ4n) is 3.51. The van der Waals surface area contributed by atoms with Crippen LogP contribution in [0.1, 0.15) is 40.0 Å². The van der Waals surface area contributed by atoms with Crippen molar-refractivity contribution in [3.63, 3.8) is 0 Å². The van der Waals surface area contributed by atoms with Gasteiger partial charge in [-0.25, -0.2) is 0 Å². The molecule has 1 aliphatic heterocycles. The lowest BCUT2D eigenvalue weighted by molar-refractivity contribution is -0.136. The Balaban J connectivity index is 1.51. The minimum Gasteiger partial charge on any atom is -0.467 e. The molecule has 152 valence electrons. The number of ether oxygens (including phenoxy) is 1. The molecule has 2 atom stereocenters. The molecule has 0 unspecified atom stereocenters. The average Bonchev–Trinajstić information content (AvgIpc) is 3.13. The summed E-state index contributed by atoms with van der Waals surface area (Å²) in [7, 11) is 0. The molecule has 0 bridgehead atoms. The quantitative estimate of drug-likeness (QED) is 0.767. The molecule has 2 aromatic rings. The molecule has 1 N–H and O–H groups in total. The van der Waals surface area contributed by atoms with Gasteiger partial charge in [0.1, 0.15) is 6.33 Å². The van der Waals surface area contributed by atoms with Crippen molar-refractivity contribution in [2.24, 2.45) is 11.8 Å². The number of likely N-dealkylation sites (tertiary alicyclic amines) is 1. The van der Waals surface area contributed by atoms with Gasteiger partial charge in [0.05, 0.1) is 0 Å². The Kier molecular flexibility index (Phi) is 6.43. The van der Waals surface area contributed by atoms with E-state index >= 15 is 0 Å². The van der Waals surface area contributed by atoms with E-state index in [1.807, 2.05) is 18.7 Å². The van der Waals surface area contributed by atoms with Crippen molar-refractivity contribution in [2.75, 3.05) is 19.7 Å². The van der Waals surface area contributed by atoms with Crippen molar-refractivity contribution < 1.29 is 14.3 Å². The predicted molar refractivity (Wildman–Crippen MR) is 103 cm³/mol. The van der Waals surface area contributed by atoms with Crippen LogP contribution in [0.25, 0.3) is 5.65 Å². The topological polar surface area (TPSA) is 102 Å². The third kappa shape index (κ3) is 4.96. The van der Waals surface area contributed by atoms with Crippen molar-refractivity contribution >= 4 is 17.5 Å². The lowest BCUT2D eigenvalue weighted by atomic mass is 9.89. The van der Waals surface area contributed by atoms with E-state index in [1.54, 1.807) is 12.1 Å². The maximum Gasteiger partial charge on any atom is 0.260 e. The van der Waals surface area contributed by atoms with Gasteiger partial charge in [0, 0.05) is 31.6 Å². The molecule has 0 radical (unpaired) electrons. The monoisotopic (exact) mass is 388 g/mol. The summed E-state index contributed by atoms with van der Waals surface area (Å²) >= 11 is 0. The zero-order valence-electron chi connectivity index (χ0n) is 16.7. The summed E-state index contributed by atoms with van der Waals surface area (Å²) in [4.78, 5) is 26.5. The number of nitrogens with one attached hydrogen (secondary N) is 1. The predicted octanol–water partition coefficient (Wildman–Crippen LogP) is 1.29. The number of carbonyl (C=O) groups excluding carboxylic acids is 2. The Labute approximate surface area is 164 Å². The van der Waals surface area contributed by atoms with E-state index in [2.05, 4.69) is 27.5 Å². The summed E-state index contributed by atoms with van der Waals surface area (Å²) in [6, 6.07) is 3.53. The van der Waals surface area contributed by atoms with E-state index in [0.717, 1.165) is 12.8 Å². The summed E-state index contributed by atoms with van der Waals surface area (Å²) in [6.07, 6.45) is 3.68. The number of hydrogen-bond acceptors (Lipinski definition) is 6. The van der Waals surface area contributed by atoms with E-state index in [-0.39, 0.29) is 30.4 Å². The molecular weight excluding hydrogens is 360 g/mol. The summed E-state index contributed by atoms with van der Waals surface area (Å²) in [5.74, 6) is 0.960. The molecule has 1 fully saturated rings. The maximum absolute atomic E-state index is 12.6. The molecule has 3 heterocycles. The van der Waals surface area contributed by atoms with Gasteiger partial charge in [-0.3, -0.25) is 9.59 Å². The Bertz CT molecular complexity index is 821. The molecule has 3 rings (SSSR count). The molecule has 0 aliphatic carbocycles. The highest BCUT2D eigenvalue weighted by atomic mass is 16.5. The van der Waals surface area contributed by atoms with E-state index in [1.165, 1.54) is 10.8 Å². The third-order valence-electron chi connectivity index (χ3n) is 5.03. The fourth-order valence-corrected chi connectivity index (χ4v) is 3.51. The third-order valence-corrected chi connectivity index (χ3v) is 5.03. The molecule has 0 spiro atoms. The lowest BCUT2D eigenvalue weighted by Crippen LogP contribution is -2.53. The number of piperidine rings is 1. The van der Waals surface area contributed by atoms with Crippen molar-refractivity contribution in [2.45, 2.75) is 46.1 Å². The minimum absolute atomic E-state index is 0.0680. The number of aromatic nitrogens is 4. The molecule has 1 saturated heterocycles. The van der Waals surface area contributed by atoms with Crippen LogP contribution in [0.15, 0.2) is 18.5 Å². The second-order valence-electron chi connectivity index (χ2n) is 7.66. The van der Waals surface area contributed by atoms with Crippen LogP contribution >= 0.6 is 0 Å². The maximum atomic E-state index is 12.6. The van der Waals surface area contributed by atoms with E-state index in [0.29, 0.717) is 37.0 Å². The standard InChI is InChI=1S/C19H28N6O3/c1-4-14-10-24(8-7-15(14)21-17(26)9-13(2)3)19(27)11-28-18-6-5-16-22-20-12-25(16)23-18/h5-6,12-15H,4,7-11H2,1-3H3,(H,21,26)/t14-,15+/m1/s1. The van der Waals surface area contributed by atoms with Crippen LogP contribution in [0.5, 0.6) is 5.88 Å². The number of amides is 2. The van der Waals surface area contributed by atoms with Crippen LogP contribution in [0.2, 0.25) is 0 Å². The van der Waals surface area contributed by atoms with Crippen LogP contribution in [-0.2, 0) is 9.59 Å². The summed E-state index contributed by atoms with van der Waals surface area (Å²) < 4.78 is 7.05. The first-order valence-electron chi connectivity index (χ1n) is 9.83. The van der Waals surface area contributed by atoms with Gasteiger partial charge in [0.15, 0.2) is 12.3 Å². The second kappa shape index (κ2) is 8.99. The highest BCUT2D eigenvalue weighted by Gasteiger charge is 2.31. The molecule has 28 heavy (non-hydrogen) atoms. The Morgan fingerprint density at radius 2 is 2.18 bits per heavy atom. The summed E-state index contributed by atoms with van der Waals surface area (Å²) in [5, 5.41) is 15.0. The van der Waals surface area contributed by atoms with Gasteiger partial charge in [-0.2, -0.15) is 4.52 Å². The van der Waals surface area contributed by atoms with Gasteiger partial charge < -0.3 is 15.0 Å². The molecule has 0 saturated carbocycles. The molecule has 2 aromatic heterocycles. The Morgan fingerprint density at radius 1 is 1.36 bits per heavy atom. The van der Waals surface area contributed by atoms with Gasteiger partial charge in [-0.1, -0.05) is 20.8 Å². The minimum atomic E-state index is -0.0731. The second-order valence-corrected chi connectivity index (χ2v) is 7.66. The van der Waals surface area contributed by atoms with Crippen molar-refractivity contribution in [1.82, 2.24) is 30.0 Å². The Morgan fingerprint density at radius 3 is 2.93 bits per heavy atom. The van der Waals surface area contributed by atoms with Crippen molar-refractivity contribution in [3.05, 3.63) is 18.5 Å². The molecule has 9 heteroatoms. The van der Waals surface area contributed by atoms with Crippen LogP contribution in [-0.4, -0.2) is 62.3 Å². The smallest absolute Gasteiger partial charge is 0.260 e. The Hall–Kier alpha value is -2.71. The zero-order valence-corrected chi connectivity index (χ0v) is 16.7. The first kappa shape index (κ1) is 20.0. The SMILES string of the molecule is CC[C@@H]1CN(C(=O)COc2ccc3nncn3n2)CC[C@@H]1NC(=O)CC(C)C. The largest absolute Gasteiger partial charge is 0.467 e. The van der Waals surface area contributed by atoms with Crippen LogP contribution < -0.4 is 10.1 Å². The number of carbonyl (C=O) groups is 2. The summed E-state index contributed by atoms with van der Waals surface area (Å²) in [6.45, 7) is 7.34. The normalized spacial score (nSPS) is 19.8. The molecule has 1 aliphatic rings. The van der Waals surface area contributed by atoms with Crippen LogP contribution in [0, 0.1) is 11.8 Å². The summed E-state index contributed by atoms with van der Waals surface area (Å²) in [5.41, 5.74) is 0.617. The number of fused-ring (bicyclic) bond motifs is 1. The van der Waals surface area contributed by atoms with Gasteiger partial charge in [-0.15, -0.1) is 15.3 Å². The van der Waals surface area contributed by atoms with E-state index in [4.69, 9.17) is 4.74 Å². The van der Waals surface area contributed by atoms with E-state index < -0.39 is 0 Å². The first-order chi connectivity index (χ1) is 13.5. The average molecular weight is 388 g/mol. The van der Waals surface area contributed by atoms with E-state index in [9.17, 15) is 9.59 Å². The van der Waals surface area contributed by atoms with Gasteiger partial charge in [0.2, 0.25) is 11.8 Å². The lowest BCUT2D eigenvalue weighted by Gasteiger charge is -2.38. The van der Waals surface area contributed by atoms with Gasteiger partial charge in [0.25, 0.3) is 5.91 Å². The fraction of sp³-hybridized carbons (Fsp3) is 0.632. The number of nitrogens with zero attached hydrogens (tertiary/aromatic N) is 5. The first-order valence-corrected chi connectivity index (χ1v) is 9.83. The van der Waals surface area contributed by atoms with Gasteiger partial charge >= 0.3 is 0 Å². The van der Waals surface area contributed by atoms with Crippen molar-refractivity contribution in [3.8, 4) is 5.88 Å². The highest BCUT2D eigenvalue weighted by Crippen LogP contribution is 2.21. The molecule has 0 aromatic carbocycles. The molecular formula is C19H28N6O3. The highest BCUT2D eigenvalue weighted by molar-refractivity contribution is 5.78. The van der Waals surface area contributed by atoms with Gasteiger partial charge in [-0.05, 0) is 30.7 Å². The van der Waals surface area contributed by atoms with Crippen molar-refractivity contribution in [1.29, 1.82) is 0 Å². The molecule has 2 amide bonds. The number of hydrogen-bond donors (Lipinski definition) is 1. The molecule has 9 nitrogen and oxygen atoms in total.